The number of nitrogens with one attached hydrogen (secondary N) is 1. The van der Waals surface area contributed by atoms with Gasteiger partial charge in [-0.2, -0.15) is 0 Å². The van der Waals surface area contributed by atoms with Crippen molar-refractivity contribution in [1.29, 1.82) is 0 Å². The van der Waals surface area contributed by atoms with Crippen LogP contribution in [0.5, 0.6) is 5.75 Å². The van der Waals surface area contributed by atoms with Gasteiger partial charge in [-0.3, -0.25) is 4.79 Å². The molecular weight excluding hydrogens is 238 g/mol. The van der Waals surface area contributed by atoms with Gasteiger partial charge >= 0.3 is 0 Å². The zero-order valence-electron chi connectivity index (χ0n) is 11.1. The fourth-order valence-corrected chi connectivity index (χ4v) is 1.68. The van der Waals surface area contributed by atoms with Gasteiger partial charge in [0.25, 0.3) is 5.91 Å². The van der Waals surface area contributed by atoms with Gasteiger partial charge in [0.05, 0.1) is 6.10 Å². The van der Waals surface area contributed by atoms with E-state index in [0.29, 0.717) is 5.56 Å². The quantitative estimate of drug-likeness (QED) is 0.904. The molecule has 0 unspecified atom stereocenters. The molecule has 0 saturated carbocycles. The first kappa shape index (κ1) is 13.1. The van der Waals surface area contributed by atoms with Gasteiger partial charge in [0, 0.05) is 11.3 Å². The highest BCUT2D eigenvalue weighted by atomic mass is 16.5. The van der Waals surface area contributed by atoms with Gasteiger partial charge in [0.15, 0.2) is 0 Å². The third kappa shape index (κ3) is 3.85. The molecule has 2 aromatic rings. The van der Waals surface area contributed by atoms with E-state index < -0.39 is 0 Å². The Morgan fingerprint density at radius 3 is 2.21 bits per heavy atom. The minimum Gasteiger partial charge on any atom is -0.491 e. The maximum Gasteiger partial charge on any atom is 0.255 e. The molecule has 0 atom stereocenters. The number of hydrogen-bond donors (Lipinski definition) is 1. The first-order valence-electron chi connectivity index (χ1n) is 6.28. The standard InChI is InChI=1S/C16H17NO2/c1-12(2)19-15-10-8-14(9-11-15)17-16(18)13-6-4-3-5-7-13/h3-12H,1-2H3,(H,17,18). The lowest BCUT2D eigenvalue weighted by atomic mass is 10.2. The van der Waals surface area contributed by atoms with E-state index in [1.165, 1.54) is 0 Å². The second-order valence-electron chi connectivity index (χ2n) is 4.51. The van der Waals surface area contributed by atoms with E-state index in [4.69, 9.17) is 4.74 Å². The van der Waals surface area contributed by atoms with Crippen molar-refractivity contribution >= 4 is 11.6 Å². The largest absolute Gasteiger partial charge is 0.491 e. The summed E-state index contributed by atoms with van der Waals surface area (Å²) in [5, 5.41) is 2.84. The van der Waals surface area contributed by atoms with Gasteiger partial charge in [-0.25, -0.2) is 0 Å². The maximum absolute atomic E-state index is 11.9. The van der Waals surface area contributed by atoms with Crippen molar-refractivity contribution in [2.75, 3.05) is 5.32 Å². The van der Waals surface area contributed by atoms with Crippen LogP contribution in [0.25, 0.3) is 0 Å². The van der Waals surface area contributed by atoms with Crippen molar-refractivity contribution in [3.8, 4) is 5.75 Å². The summed E-state index contributed by atoms with van der Waals surface area (Å²) < 4.78 is 5.55. The van der Waals surface area contributed by atoms with Gasteiger partial charge in [-0.05, 0) is 50.2 Å². The highest BCUT2D eigenvalue weighted by Crippen LogP contribution is 2.17. The van der Waals surface area contributed by atoms with Crippen molar-refractivity contribution in [2.45, 2.75) is 20.0 Å². The van der Waals surface area contributed by atoms with Crippen molar-refractivity contribution in [3.63, 3.8) is 0 Å². The molecule has 0 spiro atoms. The molecule has 98 valence electrons. The average molecular weight is 255 g/mol. The van der Waals surface area contributed by atoms with Crippen molar-refractivity contribution in [1.82, 2.24) is 0 Å². The number of ether oxygens (including phenoxy) is 1. The molecule has 3 heteroatoms. The molecule has 1 amide bonds. The van der Waals surface area contributed by atoms with Crippen molar-refractivity contribution < 1.29 is 9.53 Å². The number of carbonyl (C=O) groups is 1. The fraction of sp³-hybridized carbons (Fsp3) is 0.188. The number of benzene rings is 2. The molecule has 1 N–H and O–H groups in total. The van der Waals surface area contributed by atoms with Crippen LogP contribution < -0.4 is 10.1 Å². The van der Waals surface area contributed by atoms with Crippen LogP contribution >= 0.6 is 0 Å². The monoisotopic (exact) mass is 255 g/mol. The van der Waals surface area contributed by atoms with Crippen LogP contribution in [0.2, 0.25) is 0 Å². The number of rotatable bonds is 4. The zero-order valence-corrected chi connectivity index (χ0v) is 11.1. The smallest absolute Gasteiger partial charge is 0.255 e. The molecule has 0 radical (unpaired) electrons. The summed E-state index contributed by atoms with van der Waals surface area (Å²) in [7, 11) is 0. The topological polar surface area (TPSA) is 38.3 Å². The summed E-state index contributed by atoms with van der Waals surface area (Å²) in [6.45, 7) is 3.95. The van der Waals surface area contributed by atoms with Crippen LogP contribution in [-0.4, -0.2) is 12.0 Å². The minimum atomic E-state index is -0.113. The normalized spacial score (nSPS) is 10.3. The minimum absolute atomic E-state index is 0.113. The predicted molar refractivity (Wildman–Crippen MR) is 76.6 cm³/mol. The van der Waals surface area contributed by atoms with E-state index in [0.717, 1.165) is 11.4 Å². The Labute approximate surface area is 113 Å². The first-order valence-corrected chi connectivity index (χ1v) is 6.28. The third-order valence-electron chi connectivity index (χ3n) is 2.52. The number of anilines is 1. The average Bonchev–Trinajstić information content (AvgIpc) is 2.41. The maximum atomic E-state index is 11.9. The van der Waals surface area contributed by atoms with Crippen molar-refractivity contribution in [3.05, 3.63) is 60.2 Å². The Balaban J connectivity index is 2.02. The Bertz CT molecular complexity index is 532. The first-order chi connectivity index (χ1) is 9.15. The highest BCUT2D eigenvalue weighted by Gasteiger charge is 2.05. The van der Waals surface area contributed by atoms with Crippen LogP contribution in [0.15, 0.2) is 54.6 Å². The Kier molecular flexibility index (Phi) is 4.18. The van der Waals surface area contributed by atoms with Crippen LogP contribution in [-0.2, 0) is 0 Å². The third-order valence-corrected chi connectivity index (χ3v) is 2.52. The molecule has 19 heavy (non-hydrogen) atoms. The van der Waals surface area contributed by atoms with Crippen LogP contribution in [0, 0.1) is 0 Å². The highest BCUT2D eigenvalue weighted by molar-refractivity contribution is 6.04. The van der Waals surface area contributed by atoms with Gasteiger partial charge < -0.3 is 10.1 Å². The second-order valence-corrected chi connectivity index (χ2v) is 4.51. The molecule has 3 nitrogen and oxygen atoms in total. The molecule has 0 aromatic heterocycles. The van der Waals surface area contributed by atoms with Crippen LogP contribution in [0.4, 0.5) is 5.69 Å². The van der Waals surface area contributed by atoms with E-state index >= 15 is 0 Å². The predicted octanol–water partition coefficient (Wildman–Crippen LogP) is 3.73. The fourth-order valence-electron chi connectivity index (χ4n) is 1.68. The molecule has 0 bridgehead atoms. The van der Waals surface area contributed by atoms with Crippen molar-refractivity contribution in [2.24, 2.45) is 0 Å². The molecule has 0 heterocycles. The van der Waals surface area contributed by atoms with E-state index in [1.807, 2.05) is 56.3 Å². The summed E-state index contributed by atoms with van der Waals surface area (Å²) >= 11 is 0. The Hall–Kier alpha value is -2.29. The van der Waals surface area contributed by atoms with Gasteiger partial charge in [0.1, 0.15) is 5.75 Å². The summed E-state index contributed by atoms with van der Waals surface area (Å²) in [4.78, 5) is 11.9. The number of carbonyl (C=O) groups excluding carboxylic acids is 1. The molecule has 2 aromatic carbocycles. The van der Waals surface area contributed by atoms with E-state index in [-0.39, 0.29) is 12.0 Å². The molecule has 0 aliphatic carbocycles. The molecule has 0 aliphatic rings. The zero-order chi connectivity index (χ0) is 13.7. The lowest BCUT2D eigenvalue weighted by molar-refractivity contribution is 0.102. The van der Waals surface area contributed by atoms with E-state index in [1.54, 1.807) is 12.1 Å². The van der Waals surface area contributed by atoms with Gasteiger partial charge in [-0.15, -0.1) is 0 Å². The second kappa shape index (κ2) is 6.05. The van der Waals surface area contributed by atoms with E-state index in [2.05, 4.69) is 5.32 Å². The molecule has 0 fully saturated rings. The molecule has 0 saturated heterocycles. The lowest BCUT2D eigenvalue weighted by Gasteiger charge is -2.10. The van der Waals surface area contributed by atoms with Crippen LogP contribution in [0.1, 0.15) is 24.2 Å². The Morgan fingerprint density at radius 1 is 1.00 bits per heavy atom. The number of hydrogen-bond acceptors (Lipinski definition) is 2. The molecular formula is C16H17NO2. The number of amides is 1. The summed E-state index contributed by atoms with van der Waals surface area (Å²) in [5.74, 6) is 0.686. The Morgan fingerprint density at radius 2 is 1.63 bits per heavy atom. The molecule has 0 aliphatic heterocycles. The molecule has 2 rings (SSSR count). The van der Waals surface area contributed by atoms with Gasteiger partial charge in [0.2, 0.25) is 0 Å². The summed E-state index contributed by atoms with van der Waals surface area (Å²) in [6, 6.07) is 16.5. The summed E-state index contributed by atoms with van der Waals surface area (Å²) in [6.07, 6.45) is 0.143. The SMILES string of the molecule is CC(C)Oc1ccc(NC(=O)c2ccccc2)cc1. The van der Waals surface area contributed by atoms with E-state index in [9.17, 15) is 4.79 Å². The summed E-state index contributed by atoms with van der Waals surface area (Å²) in [5.41, 5.74) is 1.40. The van der Waals surface area contributed by atoms with Gasteiger partial charge in [-0.1, -0.05) is 18.2 Å². The van der Waals surface area contributed by atoms with Crippen LogP contribution in [0.3, 0.4) is 0 Å². The lowest BCUT2D eigenvalue weighted by Crippen LogP contribution is -2.11.